The van der Waals surface area contributed by atoms with E-state index in [1.807, 2.05) is 36.4 Å². The summed E-state index contributed by atoms with van der Waals surface area (Å²) in [7, 11) is -3.87. The standard InChI is InChI=1S/C24H23N5O4S/c1-15-16(2)27-33-24(15)28-34(31,32)20-12-10-18(11-13-20)25-23(30)22-14-21(17-8-9-17)26-29(22)19-6-4-3-5-7-19/h3-7,10-14,17,28H,8-9H2,1-2H3,(H,25,30). The lowest BCUT2D eigenvalue weighted by Gasteiger charge is -2.10. The van der Waals surface area contributed by atoms with E-state index in [0.717, 1.165) is 24.2 Å². The van der Waals surface area contributed by atoms with Gasteiger partial charge in [-0.05, 0) is 69.2 Å². The Morgan fingerprint density at radius 1 is 1.06 bits per heavy atom. The number of para-hydroxylation sites is 1. The number of hydrogen-bond donors (Lipinski definition) is 2. The maximum atomic E-state index is 13.1. The number of aryl methyl sites for hydroxylation is 1. The van der Waals surface area contributed by atoms with Crippen molar-refractivity contribution >= 4 is 27.5 Å². The average molecular weight is 478 g/mol. The van der Waals surface area contributed by atoms with E-state index in [4.69, 9.17) is 4.52 Å². The smallest absolute Gasteiger partial charge is 0.274 e. The zero-order valence-electron chi connectivity index (χ0n) is 18.6. The molecule has 1 fully saturated rings. The van der Waals surface area contributed by atoms with Crippen molar-refractivity contribution in [2.24, 2.45) is 0 Å². The quantitative estimate of drug-likeness (QED) is 0.407. The van der Waals surface area contributed by atoms with E-state index in [2.05, 4.69) is 20.3 Å². The van der Waals surface area contributed by atoms with E-state index >= 15 is 0 Å². The molecule has 2 aromatic heterocycles. The first kappa shape index (κ1) is 21.9. The number of sulfonamides is 1. The molecule has 2 N–H and O–H groups in total. The second-order valence-electron chi connectivity index (χ2n) is 8.28. The van der Waals surface area contributed by atoms with Gasteiger partial charge >= 0.3 is 0 Å². The topological polar surface area (TPSA) is 119 Å². The van der Waals surface area contributed by atoms with E-state index in [1.54, 1.807) is 18.5 Å². The molecule has 0 aliphatic heterocycles. The fourth-order valence-corrected chi connectivity index (χ4v) is 4.56. The number of benzene rings is 2. The van der Waals surface area contributed by atoms with E-state index in [9.17, 15) is 13.2 Å². The number of rotatable bonds is 7. The molecule has 1 amide bonds. The van der Waals surface area contributed by atoms with Crippen LogP contribution in [0.5, 0.6) is 0 Å². The van der Waals surface area contributed by atoms with E-state index in [-0.39, 0.29) is 16.7 Å². The summed E-state index contributed by atoms with van der Waals surface area (Å²) in [5.41, 5.74) is 3.81. The molecule has 5 rings (SSSR count). The Balaban J connectivity index is 1.35. The van der Waals surface area contributed by atoms with Crippen molar-refractivity contribution in [1.29, 1.82) is 0 Å². The summed E-state index contributed by atoms with van der Waals surface area (Å²) in [6, 6.07) is 17.2. The molecule has 4 aromatic rings. The highest BCUT2D eigenvalue weighted by Crippen LogP contribution is 2.39. The Morgan fingerprint density at radius 3 is 2.38 bits per heavy atom. The lowest BCUT2D eigenvalue weighted by atomic mass is 10.2. The minimum absolute atomic E-state index is 0.0318. The zero-order chi connectivity index (χ0) is 23.9. The van der Waals surface area contributed by atoms with Crippen LogP contribution in [0.1, 0.15) is 46.2 Å². The summed E-state index contributed by atoms with van der Waals surface area (Å²) < 4.78 is 34.5. The van der Waals surface area contributed by atoms with Gasteiger partial charge in [-0.15, -0.1) is 0 Å². The van der Waals surface area contributed by atoms with Crippen LogP contribution < -0.4 is 10.0 Å². The first-order chi connectivity index (χ1) is 16.3. The summed E-state index contributed by atoms with van der Waals surface area (Å²) in [5.74, 6) is 0.144. The molecule has 0 bridgehead atoms. The van der Waals surface area contributed by atoms with Gasteiger partial charge in [0.2, 0.25) is 5.88 Å². The normalized spacial score (nSPS) is 13.6. The van der Waals surface area contributed by atoms with Gasteiger partial charge in [0.1, 0.15) is 5.69 Å². The van der Waals surface area contributed by atoms with Gasteiger partial charge in [0.25, 0.3) is 15.9 Å². The van der Waals surface area contributed by atoms with Crippen LogP contribution in [0.3, 0.4) is 0 Å². The van der Waals surface area contributed by atoms with Crippen molar-refractivity contribution in [3.05, 3.63) is 83.3 Å². The van der Waals surface area contributed by atoms with Crippen molar-refractivity contribution in [3.63, 3.8) is 0 Å². The van der Waals surface area contributed by atoms with Crippen LogP contribution in [-0.4, -0.2) is 29.3 Å². The predicted molar refractivity (Wildman–Crippen MR) is 127 cm³/mol. The fraction of sp³-hybridized carbons (Fsp3) is 0.208. The molecule has 1 aliphatic carbocycles. The van der Waals surface area contributed by atoms with Gasteiger partial charge in [-0.3, -0.25) is 4.79 Å². The molecule has 0 saturated heterocycles. The number of nitrogens with one attached hydrogen (secondary N) is 2. The first-order valence-corrected chi connectivity index (χ1v) is 12.3. The van der Waals surface area contributed by atoms with Crippen LogP contribution in [0.25, 0.3) is 5.69 Å². The number of anilines is 2. The Hall–Kier alpha value is -3.92. The molecule has 1 aliphatic rings. The molecular weight excluding hydrogens is 454 g/mol. The molecule has 0 atom stereocenters. The van der Waals surface area contributed by atoms with Gasteiger partial charge < -0.3 is 9.84 Å². The van der Waals surface area contributed by atoms with Crippen molar-refractivity contribution in [2.45, 2.75) is 37.5 Å². The molecule has 1 saturated carbocycles. The van der Waals surface area contributed by atoms with E-state index in [1.165, 1.54) is 24.3 Å². The van der Waals surface area contributed by atoms with Crippen LogP contribution in [0.2, 0.25) is 0 Å². The minimum atomic E-state index is -3.87. The molecule has 2 aromatic carbocycles. The monoisotopic (exact) mass is 477 g/mol. The second-order valence-corrected chi connectivity index (χ2v) is 9.96. The maximum absolute atomic E-state index is 13.1. The molecule has 0 spiro atoms. The minimum Gasteiger partial charge on any atom is -0.337 e. The second kappa shape index (κ2) is 8.45. The van der Waals surface area contributed by atoms with Gasteiger partial charge in [0, 0.05) is 17.2 Å². The number of carbonyl (C=O) groups is 1. The Labute approximate surface area is 196 Å². The van der Waals surface area contributed by atoms with Gasteiger partial charge in [0.05, 0.1) is 22.0 Å². The first-order valence-electron chi connectivity index (χ1n) is 10.8. The van der Waals surface area contributed by atoms with Crippen molar-refractivity contribution in [3.8, 4) is 5.69 Å². The van der Waals surface area contributed by atoms with Crippen molar-refractivity contribution < 1.29 is 17.7 Å². The third-order valence-corrected chi connectivity index (χ3v) is 7.11. The SMILES string of the molecule is Cc1noc(NS(=O)(=O)c2ccc(NC(=O)c3cc(C4CC4)nn3-c3ccccc3)cc2)c1C. The number of amides is 1. The number of aromatic nitrogens is 3. The molecule has 10 heteroatoms. The number of hydrogen-bond acceptors (Lipinski definition) is 6. The molecule has 34 heavy (non-hydrogen) atoms. The Bertz CT molecular complexity index is 1450. The molecule has 174 valence electrons. The molecular formula is C24H23N5O4S. The van der Waals surface area contributed by atoms with Gasteiger partial charge in [-0.1, -0.05) is 23.4 Å². The van der Waals surface area contributed by atoms with Crippen LogP contribution in [-0.2, 0) is 10.0 Å². The predicted octanol–water partition coefficient (Wildman–Crippen LogP) is 4.41. The van der Waals surface area contributed by atoms with Crippen LogP contribution >= 0.6 is 0 Å². The molecule has 0 radical (unpaired) electrons. The van der Waals surface area contributed by atoms with Crippen LogP contribution in [0.15, 0.2) is 70.1 Å². The number of nitrogens with zero attached hydrogens (tertiary/aromatic N) is 3. The highest BCUT2D eigenvalue weighted by Gasteiger charge is 2.29. The maximum Gasteiger partial charge on any atom is 0.274 e. The lowest BCUT2D eigenvalue weighted by molar-refractivity contribution is 0.101. The summed E-state index contributed by atoms with van der Waals surface area (Å²) in [6.45, 7) is 3.45. The Morgan fingerprint density at radius 2 is 1.76 bits per heavy atom. The van der Waals surface area contributed by atoms with Crippen molar-refractivity contribution in [1.82, 2.24) is 14.9 Å². The van der Waals surface area contributed by atoms with Crippen LogP contribution in [0.4, 0.5) is 11.6 Å². The van der Waals surface area contributed by atoms with Gasteiger partial charge in [-0.2, -0.15) is 5.10 Å². The Kier molecular flexibility index (Phi) is 5.45. The molecule has 9 nitrogen and oxygen atoms in total. The van der Waals surface area contributed by atoms with Gasteiger partial charge in [0.15, 0.2) is 0 Å². The lowest BCUT2D eigenvalue weighted by Crippen LogP contribution is -2.17. The highest BCUT2D eigenvalue weighted by molar-refractivity contribution is 7.92. The molecule has 2 heterocycles. The number of carbonyl (C=O) groups excluding carboxylic acids is 1. The summed E-state index contributed by atoms with van der Waals surface area (Å²) >= 11 is 0. The van der Waals surface area contributed by atoms with Crippen LogP contribution in [0, 0.1) is 13.8 Å². The largest absolute Gasteiger partial charge is 0.337 e. The third-order valence-electron chi connectivity index (χ3n) is 5.76. The van der Waals surface area contributed by atoms with Gasteiger partial charge in [-0.25, -0.2) is 17.8 Å². The summed E-state index contributed by atoms with van der Waals surface area (Å²) in [6.07, 6.45) is 2.15. The average Bonchev–Trinajstić information content (AvgIpc) is 3.52. The fourth-order valence-electron chi connectivity index (χ4n) is 3.51. The molecule has 0 unspecified atom stereocenters. The van der Waals surface area contributed by atoms with Crippen molar-refractivity contribution in [2.75, 3.05) is 10.0 Å². The highest BCUT2D eigenvalue weighted by atomic mass is 32.2. The summed E-state index contributed by atoms with van der Waals surface area (Å²) in [5, 5.41) is 11.3. The summed E-state index contributed by atoms with van der Waals surface area (Å²) in [4.78, 5) is 13.1. The van der Waals surface area contributed by atoms with E-state index < -0.39 is 10.0 Å². The third kappa shape index (κ3) is 4.32. The zero-order valence-corrected chi connectivity index (χ0v) is 19.5. The van der Waals surface area contributed by atoms with E-state index in [0.29, 0.717) is 28.6 Å².